The minimum absolute atomic E-state index is 0.0391. The lowest BCUT2D eigenvalue weighted by Gasteiger charge is -2.22. The molecule has 0 amide bonds. The molecule has 1 aliphatic rings. The Bertz CT molecular complexity index is 380. The van der Waals surface area contributed by atoms with Crippen molar-refractivity contribution in [2.45, 2.75) is 64.5 Å². The first kappa shape index (κ1) is 14.5. The summed E-state index contributed by atoms with van der Waals surface area (Å²) in [4.78, 5) is 4.61. The number of aromatic nitrogens is 2. The van der Waals surface area contributed by atoms with Crippen LogP contribution in [0, 0.1) is 0 Å². The maximum absolute atomic E-state index is 5.71. The first-order valence-corrected chi connectivity index (χ1v) is 7.46. The molecule has 1 N–H and O–H groups in total. The fourth-order valence-corrected chi connectivity index (χ4v) is 2.75. The zero-order valence-corrected chi connectivity index (χ0v) is 12.2. The van der Waals surface area contributed by atoms with E-state index in [2.05, 4.69) is 29.3 Å². The van der Waals surface area contributed by atoms with Gasteiger partial charge in [-0.25, -0.2) is 0 Å². The third-order valence-electron chi connectivity index (χ3n) is 3.91. The van der Waals surface area contributed by atoms with E-state index >= 15 is 0 Å². The maximum Gasteiger partial charge on any atom is 0.247 e. The molecular formula is C14H25N3O2. The van der Waals surface area contributed by atoms with E-state index in [1.807, 2.05) is 6.92 Å². The van der Waals surface area contributed by atoms with Gasteiger partial charge in [0.2, 0.25) is 11.7 Å². The number of nitrogens with zero attached hydrogens (tertiary/aromatic N) is 2. The lowest BCUT2D eigenvalue weighted by molar-refractivity contribution is 0.0477. The number of nitrogens with one attached hydrogen (secondary N) is 1. The van der Waals surface area contributed by atoms with Crippen LogP contribution < -0.4 is 5.32 Å². The van der Waals surface area contributed by atoms with Crippen LogP contribution in [-0.4, -0.2) is 23.3 Å². The second kappa shape index (κ2) is 6.48. The number of ether oxygens (including phenoxy) is 1. The van der Waals surface area contributed by atoms with Gasteiger partial charge in [-0.3, -0.25) is 0 Å². The van der Waals surface area contributed by atoms with Crippen molar-refractivity contribution < 1.29 is 9.26 Å². The van der Waals surface area contributed by atoms with Crippen LogP contribution in [0.15, 0.2) is 4.52 Å². The molecule has 5 heteroatoms. The van der Waals surface area contributed by atoms with Gasteiger partial charge in [-0.15, -0.1) is 0 Å². The van der Waals surface area contributed by atoms with Crippen molar-refractivity contribution >= 4 is 0 Å². The molecule has 0 radical (unpaired) electrons. The van der Waals surface area contributed by atoms with Crippen LogP contribution in [0.2, 0.25) is 0 Å². The van der Waals surface area contributed by atoms with Gasteiger partial charge in [0.15, 0.2) is 0 Å². The van der Waals surface area contributed by atoms with Gasteiger partial charge in [0, 0.05) is 6.61 Å². The highest BCUT2D eigenvalue weighted by atomic mass is 16.5. The zero-order valence-electron chi connectivity index (χ0n) is 12.2. The summed E-state index contributed by atoms with van der Waals surface area (Å²) < 4.78 is 11.2. The molecule has 2 heterocycles. The zero-order chi connectivity index (χ0) is 13.7. The summed E-state index contributed by atoms with van der Waals surface area (Å²) in [6.45, 7) is 7.99. The molecule has 1 aromatic heterocycles. The molecular weight excluding hydrogens is 242 g/mol. The van der Waals surface area contributed by atoms with E-state index in [0.717, 1.165) is 44.5 Å². The second-order valence-electron chi connectivity index (χ2n) is 5.16. The summed E-state index contributed by atoms with van der Waals surface area (Å²) >= 11 is 0. The molecule has 0 aromatic carbocycles. The van der Waals surface area contributed by atoms with Crippen molar-refractivity contribution in [3.8, 4) is 0 Å². The summed E-state index contributed by atoms with van der Waals surface area (Å²) in [5.41, 5.74) is -0.117. The van der Waals surface area contributed by atoms with Gasteiger partial charge in [0.25, 0.3) is 0 Å². The lowest BCUT2D eigenvalue weighted by atomic mass is 9.94. The largest absolute Gasteiger partial charge is 0.370 e. The molecule has 2 rings (SSSR count). The van der Waals surface area contributed by atoms with Crippen LogP contribution in [0.1, 0.15) is 70.7 Å². The first-order valence-electron chi connectivity index (χ1n) is 7.46. The molecule has 0 saturated carbocycles. The summed E-state index contributed by atoms with van der Waals surface area (Å²) in [6, 6.07) is 0. The summed E-state index contributed by atoms with van der Waals surface area (Å²) in [6.07, 6.45) is 5.14. The van der Waals surface area contributed by atoms with Crippen LogP contribution in [0.4, 0.5) is 0 Å². The number of rotatable bonds is 7. The van der Waals surface area contributed by atoms with E-state index < -0.39 is 0 Å². The summed E-state index contributed by atoms with van der Waals surface area (Å²) in [5, 5.41) is 7.66. The predicted octanol–water partition coefficient (Wildman–Crippen LogP) is 2.94. The molecule has 19 heavy (non-hydrogen) atoms. The van der Waals surface area contributed by atoms with Crippen molar-refractivity contribution in [3.63, 3.8) is 0 Å². The highest BCUT2D eigenvalue weighted by Gasteiger charge is 2.39. The molecule has 1 aromatic rings. The Morgan fingerprint density at radius 1 is 1.42 bits per heavy atom. The molecule has 1 saturated heterocycles. The highest BCUT2D eigenvalue weighted by molar-refractivity contribution is 5.07. The SMILES string of the molecule is CCCC(OCC)c1noc(C2(CC)CCCN2)n1. The fourth-order valence-electron chi connectivity index (χ4n) is 2.75. The molecule has 2 unspecified atom stereocenters. The number of hydrogen-bond donors (Lipinski definition) is 1. The average Bonchev–Trinajstić information content (AvgIpc) is 3.08. The van der Waals surface area contributed by atoms with Crippen LogP contribution >= 0.6 is 0 Å². The normalized spacial score (nSPS) is 24.8. The van der Waals surface area contributed by atoms with Crippen molar-refractivity contribution in [2.75, 3.05) is 13.2 Å². The van der Waals surface area contributed by atoms with Gasteiger partial charge in [-0.05, 0) is 39.2 Å². The molecule has 2 atom stereocenters. The van der Waals surface area contributed by atoms with E-state index in [-0.39, 0.29) is 11.6 Å². The Labute approximate surface area is 115 Å². The van der Waals surface area contributed by atoms with E-state index in [1.165, 1.54) is 0 Å². The second-order valence-corrected chi connectivity index (χ2v) is 5.16. The molecule has 108 valence electrons. The van der Waals surface area contributed by atoms with Gasteiger partial charge in [0.05, 0.1) is 5.54 Å². The van der Waals surface area contributed by atoms with Crippen LogP contribution in [-0.2, 0) is 10.3 Å². The Morgan fingerprint density at radius 3 is 2.84 bits per heavy atom. The van der Waals surface area contributed by atoms with Crippen molar-refractivity contribution in [1.29, 1.82) is 0 Å². The summed E-state index contributed by atoms with van der Waals surface area (Å²) in [5.74, 6) is 1.42. The molecule has 1 fully saturated rings. The molecule has 0 spiro atoms. The lowest BCUT2D eigenvalue weighted by Crippen LogP contribution is -2.36. The molecule has 1 aliphatic heterocycles. The molecule has 0 aliphatic carbocycles. The van der Waals surface area contributed by atoms with Gasteiger partial charge in [-0.2, -0.15) is 4.98 Å². The van der Waals surface area contributed by atoms with Gasteiger partial charge in [0.1, 0.15) is 6.10 Å². The van der Waals surface area contributed by atoms with E-state index in [0.29, 0.717) is 12.4 Å². The standard InChI is InChI=1S/C14H25N3O2/c1-4-8-11(18-6-3)12-16-13(19-17-12)14(5-2)9-7-10-15-14/h11,15H,4-10H2,1-3H3. The predicted molar refractivity (Wildman–Crippen MR) is 72.8 cm³/mol. The minimum Gasteiger partial charge on any atom is -0.370 e. The molecule has 5 nitrogen and oxygen atoms in total. The maximum atomic E-state index is 5.71. The average molecular weight is 267 g/mol. The van der Waals surface area contributed by atoms with Crippen LogP contribution in [0.3, 0.4) is 0 Å². The first-order chi connectivity index (χ1) is 9.25. The third kappa shape index (κ3) is 2.98. The van der Waals surface area contributed by atoms with Gasteiger partial charge >= 0.3 is 0 Å². The van der Waals surface area contributed by atoms with Crippen molar-refractivity contribution in [3.05, 3.63) is 11.7 Å². The fraction of sp³-hybridized carbons (Fsp3) is 0.857. The Balaban J connectivity index is 2.16. The minimum atomic E-state index is -0.117. The Kier molecular flexibility index (Phi) is 4.93. The van der Waals surface area contributed by atoms with Crippen molar-refractivity contribution in [2.24, 2.45) is 0 Å². The van der Waals surface area contributed by atoms with Gasteiger partial charge < -0.3 is 14.6 Å². The van der Waals surface area contributed by atoms with E-state index in [9.17, 15) is 0 Å². The topological polar surface area (TPSA) is 60.2 Å². The Hall–Kier alpha value is -0.940. The monoisotopic (exact) mass is 267 g/mol. The van der Waals surface area contributed by atoms with Crippen molar-refractivity contribution in [1.82, 2.24) is 15.5 Å². The summed E-state index contributed by atoms with van der Waals surface area (Å²) in [7, 11) is 0. The number of hydrogen-bond acceptors (Lipinski definition) is 5. The molecule has 0 bridgehead atoms. The highest BCUT2D eigenvalue weighted by Crippen LogP contribution is 2.33. The van der Waals surface area contributed by atoms with Gasteiger partial charge in [-0.1, -0.05) is 25.4 Å². The van der Waals surface area contributed by atoms with Crippen LogP contribution in [0.5, 0.6) is 0 Å². The quantitative estimate of drug-likeness (QED) is 0.823. The van der Waals surface area contributed by atoms with E-state index in [4.69, 9.17) is 9.26 Å². The third-order valence-corrected chi connectivity index (χ3v) is 3.91. The Morgan fingerprint density at radius 2 is 2.26 bits per heavy atom. The smallest absolute Gasteiger partial charge is 0.247 e. The van der Waals surface area contributed by atoms with Crippen LogP contribution in [0.25, 0.3) is 0 Å². The van der Waals surface area contributed by atoms with E-state index in [1.54, 1.807) is 0 Å².